The Morgan fingerprint density at radius 3 is 2.45 bits per heavy atom. The van der Waals surface area contributed by atoms with Gasteiger partial charge in [0.1, 0.15) is 5.00 Å². The largest absolute Gasteiger partial charge is 0.462 e. The Labute approximate surface area is 179 Å². The molecule has 8 heteroatoms. The van der Waals surface area contributed by atoms with Crippen LogP contribution in [0.4, 0.5) is 10.7 Å². The van der Waals surface area contributed by atoms with Gasteiger partial charge in [-0.25, -0.2) is 4.79 Å². The predicted octanol–water partition coefficient (Wildman–Crippen LogP) is 4.81. The summed E-state index contributed by atoms with van der Waals surface area (Å²) < 4.78 is 5.13. The maximum absolute atomic E-state index is 12.7. The molecule has 2 rings (SSSR count). The Morgan fingerprint density at radius 1 is 1.14 bits per heavy atom. The summed E-state index contributed by atoms with van der Waals surface area (Å²) in [7, 11) is 0. The zero-order valence-corrected chi connectivity index (χ0v) is 18.7. The number of carbonyl (C=O) groups is 3. The van der Waals surface area contributed by atoms with E-state index in [9.17, 15) is 14.4 Å². The molecule has 0 aliphatic rings. The molecule has 0 saturated carbocycles. The van der Waals surface area contributed by atoms with Crippen molar-refractivity contribution in [3.63, 3.8) is 0 Å². The highest BCUT2D eigenvalue weighted by Gasteiger charge is 2.26. The Morgan fingerprint density at radius 2 is 1.83 bits per heavy atom. The summed E-state index contributed by atoms with van der Waals surface area (Å²) in [5.74, 6) is 0.539. The van der Waals surface area contributed by atoms with Gasteiger partial charge in [0.2, 0.25) is 5.91 Å². The second-order valence-electron chi connectivity index (χ2n) is 6.76. The third-order valence-electron chi connectivity index (χ3n) is 3.80. The van der Waals surface area contributed by atoms with E-state index < -0.39 is 5.97 Å². The van der Waals surface area contributed by atoms with Crippen LogP contribution in [0.3, 0.4) is 0 Å². The highest BCUT2D eigenvalue weighted by molar-refractivity contribution is 7.99. The van der Waals surface area contributed by atoms with Crippen LogP contribution in [0.1, 0.15) is 46.4 Å². The van der Waals surface area contributed by atoms with Crippen molar-refractivity contribution in [2.45, 2.75) is 27.7 Å². The number of rotatable bonds is 9. The van der Waals surface area contributed by atoms with Gasteiger partial charge in [-0.1, -0.05) is 32.0 Å². The van der Waals surface area contributed by atoms with Gasteiger partial charge in [0.25, 0.3) is 5.91 Å². The first-order chi connectivity index (χ1) is 13.8. The van der Waals surface area contributed by atoms with Crippen molar-refractivity contribution in [2.24, 2.45) is 5.92 Å². The molecule has 1 aromatic carbocycles. The zero-order valence-electron chi connectivity index (χ0n) is 17.0. The molecule has 0 atom stereocenters. The Balaban J connectivity index is 2.24. The molecule has 2 N–H and O–H groups in total. The molecule has 0 aliphatic carbocycles. The van der Waals surface area contributed by atoms with Gasteiger partial charge in [-0.2, -0.15) is 11.8 Å². The molecule has 0 bridgehead atoms. The van der Waals surface area contributed by atoms with Crippen molar-refractivity contribution in [1.29, 1.82) is 0 Å². The predicted molar refractivity (Wildman–Crippen MR) is 120 cm³/mol. The molecule has 0 aliphatic heterocycles. The minimum atomic E-state index is -0.551. The third kappa shape index (κ3) is 6.61. The van der Waals surface area contributed by atoms with E-state index in [2.05, 4.69) is 24.5 Å². The molecular formula is C21H26N2O4S2. The van der Waals surface area contributed by atoms with Crippen molar-refractivity contribution >= 4 is 51.6 Å². The lowest BCUT2D eigenvalue weighted by Gasteiger charge is -2.08. The fraction of sp³-hybridized carbons (Fsp3) is 0.381. The first kappa shape index (κ1) is 23.0. The fourth-order valence-electron chi connectivity index (χ4n) is 2.53. The third-order valence-corrected chi connectivity index (χ3v) is 6.38. The molecule has 1 aromatic heterocycles. The summed E-state index contributed by atoms with van der Waals surface area (Å²) in [6.45, 7) is 7.78. The average molecular weight is 435 g/mol. The number of benzene rings is 1. The highest BCUT2D eigenvalue weighted by atomic mass is 32.2. The average Bonchev–Trinajstić information content (AvgIpc) is 2.98. The van der Waals surface area contributed by atoms with Crippen LogP contribution in [-0.4, -0.2) is 35.9 Å². The number of ether oxygens (including phenoxy) is 1. The number of para-hydroxylation sites is 1. The fourth-order valence-corrected chi connectivity index (χ4v) is 4.48. The molecular weight excluding hydrogens is 408 g/mol. The normalized spacial score (nSPS) is 10.7. The second kappa shape index (κ2) is 11.0. The van der Waals surface area contributed by atoms with Crippen molar-refractivity contribution < 1.29 is 19.1 Å². The van der Waals surface area contributed by atoms with E-state index in [4.69, 9.17) is 4.74 Å². The molecule has 0 radical (unpaired) electrons. The van der Waals surface area contributed by atoms with E-state index in [0.717, 1.165) is 17.1 Å². The summed E-state index contributed by atoms with van der Waals surface area (Å²) in [5, 5.41) is 5.94. The summed E-state index contributed by atoms with van der Waals surface area (Å²) in [6.07, 6.45) is 0. The molecule has 2 aromatic rings. The minimum absolute atomic E-state index is 0.206. The number of amides is 2. The van der Waals surface area contributed by atoms with E-state index >= 15 is 0 Å². The molecule has 1 heterocycles. The van der Waals surface area contributed by atoms with Crippen LogP contribution < -0.4 is 10.6 Å². The first-order valence-corrected chi connectivity index (χ1v) is 11.3. The summed E-state index contributed by atoms with van der Waals surface area (Å²) in [6, 6.07) is 9.06. The van der Waals surface area contributed by atoms with Crippen LogP contribution in [0.5, 0.6) is 0 Å². The van der Waals surface area contributed by atoms with Gasteiger partial charge in [0.05, 0.1) is 22.8 Å². The lowest BCUT2D eigenvalue weighted by molar-refractivity contribution is -0.113. The van der Waals surface area contributed by atoms with Gasteiger partial charge in [0, 0.05) is 5.69 Å². The van der Waals surface area contributed by atoms with Gasteiger partial charge in [-0.05, 0) is 43.2 Å². The SMILES string of the molecule is CCOC(=O)c1c(NC(=O)CSCC(C)C)sc(C(=O)Nc2ccccc2)c1C. The lowest BCUT2D eigenvalue weighted by Crippen LogP contribution is -2.17. The van der Waals surface area contributed by atoms with Crippen LogP contribution in [0.25, 0.3) is 0 Å². The molecule has 156 valence electrons. The second-order valence-corrected chi connectivity index (χ2v) is 8.81. The number of nitrogens with one attached hydrogen (secondary N) is 2. The van der Waals surface area contributed by atoms with Gasteiger partial charge in [0.15, 0.2) is 0 Å². The number of hydrogen-bond donors (Lipinski definition) is 2. The number of thiophene rings is 1. The zero-order chi connectivity index (χ0) is 21.4. The van der Waals surface area contributed by atoms with Crippen molar-refractivity contribution in [1.82, 2.24) is 0 Å². The summed E-state index contributed by atoms with van der Waals surface area (Å²) >= 11 is 2.61. The van der Waals surface area contributed by atoms with Crippen LogP contribution in [-0.2, 0) is 9.53 Å². The molecule has 29 heavy (non-hydrogen) atoms. The van der Waals surface area contributed by atoms with E-state index in [0.29, 0.717) is 27.0 Å². The maximum Gasteiger partial charge on any atom is 0.341 e. The van der Waals surface area contributed by atoms with Crippen molar-refractivity contribution in [3.05, 3.63) is 46.3 Å². The number of hydrogen-bond acceptors (Lipinski definition) is 6. The van der Waals surface area contributed by atoms with Crippen LogP contribution in [0.2, 0.25) is 0 Å². The van der Waals surface area contributed by atoms with E-state index in [1.165, 1.54) is 11.8 Å². The van der Waals surface area contributed by atoms with Crippen molar-refractivity contribution in [2.75, 3.05) is 28.7 Å². The highest BCUT2D eigenvalue weighted by Crippen LogP contribution is 2.34. The Kier molecular flexibility index (Phi) is 8.72. The van der Waals surface area contributed by atoms with Crippen LogP contribution >= 0.6 is 23.1 Å². The molecule has 0 saturated heterocycles. The topological polar surface area (TPSA) is 84.5 Å². The maximum atomic E-state index is 12.7. The standard InChI is InChI=1S/C21H26N2O4S2/c1-5-27-21(26)17-14(4)18(19(25)22-15-9-7-6-8-10-15)29-20(17)23-16(24)12-28-11-13(2)3/h6-10,13H,5,11-12H2,1-4H3,(H,22,25)(H,23,24). The van der Waals surface area contributed by atoms with Crippen LogP contribution in [0, 0.1) is 12.8 Å². The first-order valence-electron chi connectivity index (χ1n) is 9.38. The number of thioether (sulfide) groups is 1. The number of esters is 1. The Bertz CT molecular complexity index is 863. The van der Waals surface area contributed by atoms with Gasteiger partial charge in [-0.15, -0.1) is 11.3 Å². The molecule has 0 fully saturated rings. The van der Waals surface area contributed by atoms with E-state index in [-0.39, 0.29) is 29.7 Å². The minimum Gasteiger partial charge on any atom is -0.462 e. The summed E-state index contributed by atoms with van der Waals surface area (Å²) in [5.41, 5.74) is 1.38. The van der Waals surface area contributed by atoms with Gasteiger partial charge >= 0.3 is 5.97 Å². The van der Waals surface area contributed by atoms with Crippen molar-refractivity contribution in [3.8, 4) is 0 Å². The monoisotopic (exact) mass is 434 g/mol. The van der Waals surface area contributed by atoms with Gasteiger partial charge in [-0.3, -0.25) is 9.59 Å². The molecule has 2 amide bonds. The van der Waals surface area contributed by atoms with Crippen LogP contribution in [0.15, 0.2) is 30.3 Å². The van der Waals surface area contributed by atoms with Gasteiger partial charge < -0.3 is 15.4 Å². The van der Waals surface area contributed by atoms with E-state index in [1.807, 2.05) is 18.2 Å². The summed E-state index contributed by atoms with van der Waals surface area (Å²) in [4.78, 5) is 37.9. The molecule has 6 nitrogen and oxygen atoms in total. The molecule has 0 unspecified atom stereocenters. The quantitative estimate of drug-likeness (QED) is 0.553. The molecule has 0 spiro atoms. The smallest absolute Gasteiger partial charge is 0.341 e. The number of anilines is 2. The van der Waals surface area contributed by atoms with E-state index in [1.54, 1.807) is 26.0 Å². The number of carbonyl (C=O) groups excluding carboxylic acids is 3. The Hall–Kier alpha value is -2.32. The lowest BCUT2D eigenvalue weighted by atomic mass is 10.1.